The minimum atomic E-state index is -0.287. The number of rotatable bonds is 8. The average molecular weight is 479 g/mol. The fourth-order valence-corrected chi connectivity index (χ4v) is 4.22. The molecule has 1 aliphatic heterocycles. The van der Waals surface area contributed by atoms with Crippen molar-refractivity contribution in [1.82, 2.24) is 10.2 Å². The van der Waals surface area contributed by atoms with Crippen LogP contribution in [0, 0.1) is 0 Å². The van der Waals surface area contributed by atoms with Gasteiger partial charge in [-0.1, -0.05) is 41.9 Å². The van der Waals surface area contributed by atoms with E-state index in [0.717, 1.165) is 24.4 Å². The van der Waals surface area contributed by atoms with E-state index in [-0.39, 0.29) is 17.7 Å². The van der Waals surface area contributed by atoms with Crippen LogP contribution in [0.2, 0.25) is 5.02 Å². The van der Waals surface area contributed by atoms with Crippen molar-refractivity contribution in [2.24, 2.45) is 0 Å². The summed E-state index contributed by atoms with van der Waals surface area (Å²) in [4.78, 5) is 28.6. The maximum atomic E-state index is 13.2. The Hall–Kier alpha value is -3.19. The molecule has 7 heteroatoms. The predicted molar refractivity (Wildman–Crippen MR) is 132 cm³/mol. The molecular weight excluding hydrogens is 452 g/mol. The smallest absolute Gasteiger partial charge is 0.252 e. The quantitative estimate of drug-likeness (QED) is 0.486. The van der Waals surface area contributed by atoms with Gasteiger partial charge in [0.25, 0.3) is 5.91 Å². The first-order chi connectivity index (χ1) is 16.6. The van der Waals surface area contributed by atoms with E-state index < -0.39 is 0 Å². The van der Waals surface area contributed by atoms with Gasteiger partial charge in [-0.3, -0.25) is 14.5 Å². The third kappa shape index (κ3) is 5.65. The number of nitrogens with zero attached hydrogens (tertiary/aromatic N) is 1. The molecule has 176 valence electrons. The minimum absolute atomic E-state index is 0.0297. The van der Waals surface area contributed by atoms with Crippen molar-refractivity contribution in [2.45, 2.75) is 6.04 Å². The summed E-state index contributed by atoms with van der Waals surface area (Å²) in [5, 5.41) is 3.60. The highest BCUT2D eigenvalue weighted by Crippen LogP contribution is 2.24. The van der Waals surface area contributed by atoms with Crippen LogP contribution in [0.3, 0.4) is 0 Å². The Morgan fingerprint density at radius 2 is 1.62 bits per heavy atom. The normalized spacial score (nSPS) is 14.9. The first kappa shape index (κ1) is 24.0. The van der Waals surface area contributed by atoms with Gasteiger partial charge in [-0.2, -0.15) is 0 Å². The van der Waals surface area contributed by atoms with E-state index >= 15 is 0 Å². The number of morpholine rings is 1. The molecular formula is C27H27ClN2O4. The van der Waals surface area contributed by atoms with Crippen LogP contribution in [0.15, 0.2) is 72.8 Å². The van der Waals surface area contributed by atoms with Gasteiger partial charge in [0, 0.05) is 35.8 Å². The Balaban J connectivity index is 1.53. The van der Waals surface area contributed by atoms with E-state index in [9.17, 15) is 9.59 Å². The number of carbonyl (C=O) groups is 2. The standard InChI is InChI=1S/C27H27ClN2O4/c1-33-22-12-8-19(9-13-22)25(30-14-16-34-17-15-30)18-29-27(32)24-5-3-2-4-23(24)26(31)20-6-10-21(28)11-7-20/h2-13,25H,14-18H2,1H3,(H,29,32). The Kier molecular flexibility index (Phi) is 7.95. The Morgan fingerprint density at radius 1 is 0.971 bits per heavy atom. The van der Waals surface area contributed by atoms with Crippen molar-refractivity contribution in [3.8, 4) is 5.75 Å². The fraction of sp³-hybridized carbons (Fsp3) is 0.259. The summed E-state index contributed by atoms with van der Waals surface area (Å²) in [6.07, 6.45) is 0. The molecule has 0 aromatic heterocycles. The summed E-state index contributed by atoms with van der Waals surface area (Å²) in [6.45, 7) is 3.25. The Bertz CT molecular complexity index is 1130. The number of amides is 1. The molecule has 1 fully saturated rings. The van der Waals surface area contributed by atoms with Crippen LogP contribution in [0.1, 0.15) is 37.9 Å². The molecule has 1 amide bonds. The summed E-state index contributed by atoms with van der Waals surface area (Å²) in [7, 11) is 1.64. The lowest BCUT2D eigenvalue weighted by atomic mass is 9.97. The lowest BCUT2D eigenvalue weighted by molar-refractivity contribution is 0.0162. The first-order valence-corrected chi connectivity index (χ1v) is 11.6. The van der Waals surface area contributed by atoms with E-state index in [4.69, 9.17) is 21.1 Å². The van der Waals surface area contributed by atoms with Crippen LogP contribution in [0.5, 0.6) is 5.75 Å². The van der Waals surface area contributed by atoms with E-state index in [0.29, 0.717) is 41.5 Å². The van der Waals surface area contributed by atoms with Gasteiger partial charge in [-0.05, 0) is 48.0 Å². The Labute approximate surface area is 204 Å². The molecule has 3 aromatic rings. The number of halogens is 1. The molecule has 1 aliphatic rings. The third-order valence-electron chi connectivity index (χ3n) is 5.97. The summed E-state index contributed by atoms with van der Waals surface area (Å²) in [5.74, 6) is 0.273. The molecule has 0 radical (unpaired) electrons. The number of hydrogen-bond donors (Lipinski definition) is 1. The molecule has 34 heavy (non-hydrogen) atoms. The van der Waals surface area contributed by atoms with E-state index in [2.05, 4.69) is 10.2 Å². The van der Waals surface area contributed by atoms with Gasteiger partial charge >= 0.3 is 0 Å². The second kappa shape index (κ2) is 11.3. The molecule has 1 saturated heterocycles. The highest BCUT2D eigenvalue weighted by Gasteiger charge is 2.25. The van der Waals surface area contributed by atoms with Crippen molar-refractivity contribution >= 4 is 23.3 Å². The van der Waals surface area contributed by atoms with Crippen LogP contribution < -0.4 is 10.1 Å². The summed E-state index contributed by atoms with van der Waals surface area (Å²) in [6, 6.07) is 21.4. The van der Waals surface area contributed by atoms with Gasteiger partial charge in [0.1, 0.15) is 5.75 Å². The van der Waals surface area contributed by atoms with Crippen molar-refractivity contribution < 1.29 is 19.1 Å². The zero-order valence-electron chi connectivity index (χ0n) is 19.0. The van der Waals surface area contributed by atoms with Crippen LogP contribution in [0.4, 0.5) is 0 Å². The van der Waals surface area contributed by atoms with Gasteiger partial charge in [0.15, 0.2) is 5.78 Å². The zero-order valence-corrected chi connectivity index (χ0v) is 19.8. The summed E-state index contributed by atoms with van der Waals surface area (Å²) >= 11 is 5.95. The van der Waals surface area contributed by atoms with E-state index in [1.807, 2.05) is 24.3 Å². The van der Waals surface area contributed by atoms with E-state index in [1.165, 1.54) is 0 Å². The molecule has 1 N–H and O–H groups in total. The molecule has 6 nitrogen and oxygen atoms in total. The maximum absolute atomic E-state index is 13.2. The van der Waals surface area contributed by atoms with Gasteiger partial charge in [-0.15, -0.1) is 0 Å². The zero-order chi connectivity index (χ0) is 23.9. The van der Waals surface area contributed by atoms with Crippen LogP contribution in [-0.2, 0) is 4.74 Å². The average Bonchev–Trinajstić information content (AvgIpc) is 2.89. The number of methoxy groups -OCH3 is 1. The maximum Gasteiger partial charge on any atom is 0.252 e. The van der Waals surface area contributed by atoms with Crippen molar-refractivity contribution in [3.05, 3.63) is 100 Å². The Morgan fingerprint density at radius 3 is 2.26 bits per heavy atom. The lowest BCUT2D eigenvalue weighted by Crippen LogP contribution is -2.44. The minimum Gasteiger partial charge on any atom is -0.497 e. The van der Waals surface area contributed by atoms with Crippen LogP contribution >= 0.6 is 11.6 Å². The summed E-state index contributed by atoms with van der Waals surface area (Å²) in [5.41, 5.74) is 2.26. The number of benzene rings is 3. The molecule has 0 aliphatic carbocycles. The number of ketones is 1. The van der Waals surface area contributed by atoms with Crippen LogP contribution in [-0.4, -0.2) is 56.5 Å². The second-order valence-corrected chi connectivity index (χ2v) is 8.47. The predicted octanol–water partition coefficient (Wildman–Crippen LogP) is 4.38. The molecule has 4 rings (SSSR count). The van der Waals surface area contributed by atoms with Gasteiger partial charge in [-0.25, -0.2) is 0 Å². The first-order valence-electron chi connectivity index (χ1n) is 11.2. The molecule has 0 bridgehead atoms. The van der Waals surface area contributed by atoms with Crippen molar-refractivity contribution in [1.29, 1.82) is 0 Å². The largest absolute Gasteiger partial charge is 0.497 e. The molecule has 1 unspecified atom stereocenters. The molecule has 3 aromatic carbocycles. The highest BCUT2D eigenvalue weighted by molar-refractivity contribution is 6.30. The van der Waals surface area contributed by atoms with Crippen LogP contribution in [0.25, 0.3) is 0 Å². The third-order valence-corrected chi connectivity index (χ3v) is 6.22. The van der Waals surface area contributed by atoms with Crippen molar-refractivity contribution in [2.75, 3.05) is 40.0 Å². The monoisotopic (exact) mass is 478 g/mol. The molecule has 0 spiro atoms. The van der Waals surface area contributed by atoms with Gasteiger partial charge in [0.05, 0.1) is 31.9 Å². The molecule has 0 saturated carbocycles. The lowest BCUT2D eigenvalue weighted by Gasteiger charge is -2.35. The number of ether oxygens (including phenoxy) is 2. The fourth-order valence-electron chi connectivity index (χ4n) is 4.09. The van der Waals surface area contributed by atoms with Crippen molar-refractivity contribution in [3.63, 3.8) is 0 Å². The molecule has 1 heterocycles. The molecule has 1 atom stereocenters. The van der Waals surface area contributed by atoms with Gasteiger partial charge < -0.3 is 14.8 Å². The second-order valence-electron chi connectivity index (χ2n) is 8.03. The SMILES string of the molecule is COc1ccc(C(CNC(=O)c2ccccc2C(=O)c2ccc(Cl)cc2)N2CCOCC2)cc1. The van der Waals surface area contributed by atoms with Gasteiger partial charge in [0.2, 0.25) is 0 Å². The number of nitrogens with one attached hydrogen (secondary N) is 1. The number of hydrogen-bond acceptors (Lipinski definition) is 5. The number of carbonyl (C=O) groups excluding carboxylic acids is 2. The summed E-state index contributed by atoms with van der Waals surface area (Å²) < 4.78 is 10.8. The van der Waals surface area contributed by atoms with E-state index in [1.54, 1.807) is 55.6 Å². The highest BCUT2D eigenvalue weighted by atomic mass is 35.5. The topological polar surface area (TPSA) is 67.9 Å².